The van der Waals surface area contributed by atoms with E-state index in [9.17, 15) is 4.79 Å². The maximum absolute atomic E-state index is 12.6. The Bertz CT molecular complexity index is 468. The van der Waals surface area contributed by atoms with E-state index in [1.807, 2.05) is 24.0 Å². The lowest BCUT2D eigenvalue weighted by Crippen LogP contribution is -2.49. The molecular formula is C17H27ClN2O. The van der Waals surface area contributed by atoms with Crippen molar-refractivity contribution in [3.63, 3.8) is 0 Å². The molecule has 0 saturated carbocycles. The van der Waals surface area contributed by atoms with E-state index in [4.69, 9.17) is 0 Å². The van der Waals surface area contributed by atoms with Gasteiger partial charge in [0.2, 0.25) is 0 Å². The van der Waals surface area contributed by atoms with Crippen LogP contribution in [0.15, 0.2) is 18.2 Å². The minimum atomic E-state index is 0. The number of aryl methyl sites for hydroxylation is 1. The number of carbonyl (C=O) groups is 1. The van der Waals surface area contributed by atoms with Gasteiger partial charge in [0.15, 0.2) is 0 Å². The molecule has 0 atom stereocenters. The minimum absolute atomic E-state index is 0. The minimum Gasteiger partial charge on any atom is -0.336 e. The highest BCUT2D eigenvalue weighted by molar-refractivity contribution is 5.96. The second-order valence-electron chi connectivity index (χ2n) is 5.73. The Morgan fingerprint density at radius 2 is 1.81 bits per heavy atom. The van der Waals surface area contributed by atoms with Crippen molar-refractivity contribution in [2.24, 2.45) is 0 Å². The summed E-state index contributed by atoms with van der Waals surface area (Å²) in [7, 11) is 0. The van der Waals surface area contributed by atoms with Gasteiger partial charge in [-0.25, -0.2) is 0 Å². The van der Waals surface area contributed by atoms with Gasteiger partial charge in [0, 0.05) is 31.7 Å². The van der Waals surface area contributed by atoms with E-state index in [-0.39, 0.29) is 18.3 Å². The molecule has 1 saturated heterocycles. The number of halogens is 1. The predicted octanol–water partition coefficient (Wildman–Crippen LogP) is 3.28. The Labute approximate surface area is 134 Å². The van der Waals surface area contributed by atoms with Crippen molar-refractivity contribution >= 4 is 18.3 Å². The molecule has 21 heavy (non-hydrogen) atoms. The Morgan fingerprint density at radius 1 is 1.14 bits per heavy atom. The quantitative estimate of drug-likeness (QED) is 0.852. The van der Waals surface area contributed by atoms with Crippen molar-refractivity contribution in [1.29, 1.82) is 0 Å². The van der Waals surface area contributed by atoms with Crippen molar-refractivity contribution in [1.82, 2.24) is 9.80 Å². The molecule has 1 heterocycles. The SMILES string of the molecule is CCCCN1CCN(C(=O)c2cccc(C)c2C)CC1.Cl. The topological polar surface area (TPSA) is 23.6 Å². The highest BCUT2D eigenvalue weighted by Crippen LogP contribution is 2.16. The third-order valence-corrected chi connectivity index (χ3v) is 4.32. The zero-order valence-electron chi connectivity index (χ0n) is 13.4. The van der Waals surface area contributed by atoms with Crippen LogP contribution in [0.25, 0.3) is 0 Å². The summed E-state index contributed by atoms with van der Waals surface area (Å²) in [5.74, 6) is 0.196. The van der Waals surface area contributed by atoms with Crippen molar-refractivity contribution in [2.45, 2.75) is 33.6 Å². The molecule has 0 spiro atoms. The average molecular weight is 311 g/mol. The Kier molecular flexibility index (Phi) is 7.20. The number of benzene rings is 1. The van der Waals surface area contributed by atoms with Crippen LogP contribution in [-0.4, -0.2) is 48.4 Å². The second kappa shape index (κ2) is 8.40. The summed E-state index contributed by atoms with van der Waals surface area (Å²) < 4.78 is 0. The largest absolute Gasteiger partial charge is 0.336 e. The van der Waals surface area contributed by atoms with E-state index < -0.39 is 0 Å². The zero-order chi connectivity index (χ0) is 14.5. The van der Waals surface area contributed by atoms with Gasteiger partial charge in [-0.1, -0.05) is 25.5 Å². The van der Waals surface area contributed by atoms with Crippen molar-refractivity contribution < 1.29 is 4.79 Å². The fraction of sp³-hybridized carbons (Fsp3) is 0.588. The molecule has 118 valence electrons. The number of amides is 1. The van der Waals surface area contributed by atoms with E-state index >= 15 is 0 Å². The Hall–Kier alpha value is -1.06. The molecule has 1 fully saturated rings. The van der Waals surface area contributed by atoms with Gasteiger partial charge in [-0.3, -0.25) is 9.69 Å². The lowest BCUT2D eigenvalue weighted by molar-refractivity contribution is 0.0635. The molecule has 2 rings (SSSR count). The molecule has 3 nitrogen and oxygen atoms in total. The number of unbranched alkanes of at least 4 members (excludes halogenated alkanes) is 1. The van der Waals surface area contributed by atoms with Crippen LogP contribution in [0.1, 0.15) is 41.3 Å². The summed E-state index contributed by atoms with van der Waals surface area (Å²) in [5, 5.41) is 0. The lowest BCUT2D eigenvalue weighted by Gasteiger charge is -2.35. The molecule has 1 amide bonds. The summed E-state index contributed by atoms with van der Waals surface area (Å²) >= 11 is 0. The first-order valence-corrected chi connectivity index (χ1v) is 7.71. The maximum Gasteiger partial charge on any atom is 0.254 e. The number of piperazine rings is 1. The van der Waals surface area contributed by atoms with Crippen LogP contribution in [0.5, 0.6) is 0 Å². The molecular weight excluding hydrogens is 284 g/mol. The molecule has 1 aliphatic rings. The summed E-state index contributed by atoms with van der Waals surface area (Å²) in [6.07, 6.45) is 2.49. The fourth-order valence-corrected chi connectivity index (χ4v) is 2.71. The first-order valence-electron chi connectivity index (χ1n) is 7.71. The predicted molar refractivity (Wildman–Crippen MR) is 90.4 cm³/mol. The number of carbonyl (C=O) groups excluding carboxylic acids is 1. The molecule has 0 unspecified atom stereocenters. The first-order chi connectivity index (χ1) is 9.63. The molecule has 1 aromatic rings. The first kappa shape index (κ1) is 18.0. The summed E-state index contributed by atoms with van der Waals surface area (Å²) in [6, 6.07) is 6.00. The van der Waals surface area contributed by atoms with Gasteiger partial charge < -0.3 is 4.90 Å². The third kappa shape index (κ3) is 4.45. The van der Waals surface area contributed by atoms with Crippen LogP contribution in [-0.2, 0) is 0 Å². The van der Waals surface area contributed by atoms with Gasteiger partial charge in [0.25, 0.3) is 5.91 Å². The number of nitrogens with zero attached hydrogens (tertiary/aromatic N) is 2. The zero-order valence-corrected chi connectivity index (χ0v) is 14.2. The molecule has 0 radical (unpaired) electrons. The van der Waals surface area contributed by atoms with Crippen LogP contribution in [0, 0.1) is 13.8 Å². The molecule has 0 N–H and O–H groups in total. The van der Waals surface area contributed by atoms with Crippen molar-refractivity contribution in [2.75, 3.05) is 32.7 Å². The molecule has 0 aromatic heterocycles. The lowest BCUT2D eigenvalue weighted by atomic mass is 10.0. The van der Waals surface area contributed by atoms with Gasteiger partial charge in [-0.2, -0.15) is 0 Å². The van der Waals surface area contributed by atoms with Crippen LogP contribution in [0.4, 0.5) is 0 Å². The highest BCUT2D eigenvalue weighted by Gasteiger charge is 2.22. The molecule has 0 aliphatic carbocycles. The van der Waals surface area contributed by atoms with E-state index in [1.54, 1.807) is 0 Å². The molecule has 1 aromatic carbocycles. The Balaban J connectivity index is 0.00000220. The normalized spacial score (nSPS) is 15.7. The molecule has 4 heteroatoms. The summed E-state index contributed by atoms with van der Waals surface area (Å²) in [4.78, 5) is 17.1. The van der Waals surface area contributed by atoms with Gasteiger partial charge in [-0.05, 0) is 44.0 Å². The van der Waals surface area contributed by atoms with E-state index in [2.05, 4.69) is 24.8 Å². The summed E-state index contributed by atoms with van der Waals surface area (Å²) in [6.45, 7) is 11.2. The standard InChI is InChI=1S/C17H26N2O.ClH/c1-4-5-9-18-10-12-19(13-11-18)17(20)16-8-6-7-14(2)15(16)3;/h6-8H,4-5,9-13H2,1-3H3;1H. The van der Waals surface area contributed by atoms with Gasteiger partial charge in [-0.15, -0.1) is 12.4 Å². The molecule has 1 aliphatic heterocycles. The number of rotatable bonds is 4. The van der Waals surface area contributed by atoms with Crippen molar-refractivity contribution in [3.05, 3.63) is 34.9 Å². The van der Waals surface area contributed by atoms with E-state index in [1.165, 1.54) is 24.9 Å². The second-order valence-corrected chi connectivity index (χ2v) is 5.73. The third-order valence-electron chi connectivity index (χ3n) is 4.32. The van der Waals surface area contributed by atoms with E-state index in [0.717, 1.165) is 37.3 Å². The van der Waals surface area contributed by atoms with Crippen LogP contribution in [0.3, 0.4) is 0 Å². The van der Waals surface area contributed by atoms with Crippen molar-refractivity contribution in [3.8, 4) is 0 Å². The van der Waals surface area contributed by atoms with Gasteiger partial charge >= 0.3 is 0 Å². The fourth-order valence-electron chi connectivity index (χ4n) is 2.71. The summed E-state index contributed by atoms with van der Waals surface area (Å²) in [5.41, 5.74) is 3.18. The van der Waals surface area contributed by atoms with Crippen LogP contribution >= 0.6 is 12.4 Å². The maximum atomic E-state index is 12.6. The highest BCUT2D eigenvalue weighted by atomic mass is 35.5. The smallest absolute Gasteiger partial charge is 0.254 e. The van der Waals surface area contributed by atoms with Crippen LogP contribution < -0.4 is 0 Å². The average Bonchev–Trinajstić information content (AvgIpc) is 2.48. The number of hydrogen-bond donors (Lipinski definition) is 0. The van der Waals surface area contributed by atoms with Gasteiger partial charge in [0.05, 0.1) is 0 Å². The number of hydrogen-bond acceptors (Lipinski definition) is 2. The Morgan fingerprint density at radius 3 is 2.43 bits per heavy atom. The van der Waals surface area contributed by atoms with Gasteiger partial charge in [0.1, 0.15) is 0 Å². The molecule has 0 bridgehead atoms. The van der Waals surface area contributed by atoms with Crippen LogP contribution in [0.2, 0.25) is 0 Å². The van der Waals surface area contributed by atoms with E-state index in [0.29, 0.717) is 0 Å². The monoisotopic (exact) mass is 310 g/mol.